The number of nitrogens with one attached hydrogen (secondary N) is 1. The summed E-state index contributed by atoms with van der Waals surface area (Å²) in [5.41, 5.74) is 1.44. The molecule has 2 N–H and O–H groups in total. The van der Waals surface area contributed by atoms with Gasteiger partial charge < -0.3 is 10.4 Å². The van der Waals surface area contributed by atoms with Gasteiger partial charge in [-0.25, -0.2) is 8.42 Å². The van der Waals surface area contributed by atoms with E-state index in [4.69, 9.17) is 5.11 Å². The van der Waals surface area contributed by atoms with E-state index in [-0.39, 0.29) is 18.6 Å². The maximum Gasteiger partial charge on any atom is 0.303 e. The van der Waals surface area contributed by atoms with E-state index in [9.17, 15) is 13.2 Å². The molecule has 0 saturated carbocycles. The van der Waals surface area contributed by atoms with Crippen LogP contribution in [0.1, 0.15) is 19.3 Å². The Hall–Kier alpha value is -1.76. The fraction of sp³-hybridized carbons (Fsp3) is 0.462. The minimum atomic E-state index is -3.49. The van der Waals surface area contributed by atoms with Crippen molar-refractivity contribution in [2.75, 3.05) is 28.5 Å². The highest BCUT2D eigenvalue weighted by atomic mass is 32.2. The molecule has 7 heteroatoms. The van der Waals surface area contributed by atoms with Crippen LogP contribution >= 0.6 is 0 Å². The Kier molecular flexibility index (Phi) is 4.49. The smallest absolute Gasteiger partial charge is 0.303 e. The molecule has 0 aliphatic carbocycles. The number of rotatable bonds is 5. The summed E-state index contributed by atoms with van der Waals surface area (Å²) in [5, 5.41) is 11.8. The predicted octanol–water partition coefficient (Wildman–Crippen LogP) is 1.50. The van der Waals surface area contributed by atoms with Gasteiger partial charge in [-0.2, -0.15) is 0 Å². The van der Waals surface area contributed by atoms with Gasteiger partial charge in [-0.3, -0.25) is 9.10 Å². The summed E-state index contributed by atoms with van der Waals surface area (Å²) in [4.78, 5) is 10.5. The number of sulfonamides is 1. The van der Waals surface area contributed by atoms with E-state index in [0.717, 1.165) is 12.2 Å². The SMILES string of the molecule is O=C(O)CCCS(=O)(=O)N1CCCNc2ccccc21. The standard InChI is InChI=1S/C13H18N2O4S/c16-13(17)7-3-10-20(18,19)15-9-4-8-14-11-5-1-2-6-12(11)15/h1-2,5-6,14H,3-4,7-10H2,(H,16,17). The molecule has 0 amide bonds. The molecule has 20 heavy (non-hydrogen) atoms. The van der Waals surface area contributed by atoms with Gasteiger partial charge in [-0.05, 0) is 25.0 Å². The Morgan fingerprint density at radius 2 is 2.10 bits per heavy atom. The fourth-order valence-corrected chi connectivity index (χ4v) is 3.81. The van der Waals surface area contributed by atoms with Crippen LogP contribution in [-0.2, 0) is 14.8 Å². The molecule has 0 aromatic heterocycles. The third-order valence-corrected chi connectivity index (χ3v) is 5.01. The third kappa shape index (κ3) is 3.41. The summed E-state index contributed by atoms with van der Waals surface area (Å²) < 4.78 is 26.2. The lowest BCUT2D eigenvalue weighted by Crippen LogP contribution is -2.33. The first-order chi connectivity index (χ1) is 9.50. The van der Waals surface area contributed by atoms with E-state index in [1.807, 2.05) is 12.1 Å². The van der Waals surface area contributed by atoms with Crippen LogP contribution in [0.25, 0.3) is 0 Å². The van der Waals surface area contributed by atoms with Crippen molar-refractivity contribution in [3.63, 3.8) is 0 Å². The maximum absolute atomic E-state index is 12.4. The topological polar surface area (TPSA) is 86.7 Å². The first-order valence-corrected chi connectivity index (χ1v) is 8.17. The van der Waals surface area contributed by atoms with Gasteiger partial charge in [-0.15, -0.1) is 0 Å². The number of carbonyl (C=O) groups is 1. The number of fused-ring (bicyclic) bond motifs is 1. The van der Waals surface area contributed by atoms with Crippen LogP contribution in [0.5, 0.6) is 0 Å². The molecule has 0 unspecified atom stereocenters. The molecule has 0 fully saturated rings. The number of nitrogens with zero attached hydrogens (tertiary/aromatic N) is 1. The second-order valence-electron chi connectivity index (χ2n) is 4.68. The number of aliphatic carboxylic acids is 1. The van der Waals surface area contributed by atoms with Crippen LogP contribution in [0.4, 0.5) is 11.4 Å². The summed E-state index contributed by atoms with van der Waals surface area (Å²) >= 11 is 0. The van der Waals surface area contributed by atoms with Gasteiger partial charge in [0.25, 0.3) is 0 Å². The monoisotopic (exact) mass is 298 g/mol. The number of benzene rings is 1. The molecule has 0 bridgehead atoms. The van der Waals surface area contributed by atoms with Crippen LogP contribution in [0.15, 0.2) is 24.3 Å². The van der Waals surface area contributed by atoms with Gasteiger partial charge in [0.15, 0.2) is 0 Å². The molecular formula is C13H18N2O4S. The van der Waals surface area contributed by atoms with Crippen molar-refractivity contribution < 1.29 is 18.3 Å². The van der Waals surface area contributed by atoms with Crippen LogP contribution in [0, 0.1) is 0 Å². The third-order valence-electron chi connectivity index (χ3n) is 3.15. The predicted molar refractivity (Wildman–Crippen MR) is 77.6 cm³/mol. The van der Waals surface area contributed by atoms with Gasteiger partial charge in [0.2, 0.25) is 10.0 Å². The minimum Gasteiger partial charge on any atom is -0.481 e. The average molecular weight is 298 g/mol. The van der Waals surface area contributed by atoms with Gasteiger partial charge in [-0.1, -0.05) is 12.1 Å². The van der Waals surface area contributed by atoms with Crippen molar-refractivity contribution in [1.29, 1.82) is 0 Å². The molecular weight excluding hydrogens is 280 g/mol. The second kappa shape index (κ2) is 6.13. The number of hydrogen-bond donors (Lipinski definition) is 2. The Morgan fingerprint density at radius 3 is 2.85 bits per heavy atom. The van der Waals surface area contributed by atoms with Gasteiger partial charge in [0.1, 0.15) is 0 Å². The van der Waals surface area contributed by atoms with Crippen molar-refractivity contribution in [3.05, 3.63) is 24.3 Å². The lowest BCUT2D eigenvalue weighted by molar-refractivity contribution is -0.137. The molecule has 0 spiro atoms. The largest absolute Gasteiger partial charge is 0.481 e. The Balaban J connectivity index is 2.20. The number of hydrogen-bond acceptors (Lipinski definition) is 4. The molecule has 2 rings (SSSR count). The first kappa shape index (κ1) is 14.6. The van der Waals surface area contributed by atoms with Crippen molar-refractivity contribution >= 4 is 27.4 Å². The normalized spacial score (nSPS) is 15.1. The van der Waals surface area contributed by atoms with Gasteiger partial charge >= 0.3 is 5.97 Å². The van der Waals surface area contributed by atoms with E-state index in [0.29, 0.717) is 18.7 Å². The molecule has 1 aliphatic rings. The molecule has 1 heterocycles. The molecule has 1 aromatic rings. The summed E-state index contributed by atoms with van der Waals surface area (Å²) in [5.74, 6) is -1.12. The Labute approximate surface area is 118 Å². The molecule has 1 aromatic carbocycles. The average Bonchev–Trinajstić information content (AvgIpc) is 2.60. The summed E-state index contributed by atoms with van der Waals surface area (Å²) in [6.45, 7) is 1.14. The second-order valence-corrected chi connectivity index (χ2v) is 6.70. The highest BCUT2D eigenvalue weighted by Crippen LogP contribution is 2.30. The Morgan fingerprint density at radius 1 is 1.35 bits per heavy atom. The zero-order chi connectivity index (χ0) is 14.6. The molecule has 6 nitrogen and oxygen atoms in total. The summed E-state index contributed by atoms with van der Waals surface area (Å²) in [7, 11) is -3.49. The highest BCUT2D eigenvalue weighted by Gasteiger charge is 2.25. The first-order valence-electron chi connectivity index (χ1n) is 6.56. The summed E-state index contributed by atoms with van der Waals surface area (Å²) in [6.07, 6.45) is 0.712. The lowest BCUT2D eigenvalue weighted by Gasteiger charge is -2.23. The van der Waals surface area contributed by atoms with Crippen molar-refractivity contribution in [2.45, 2.75) is 19.3 Å². The fourth-order valence-electron chi connectivity index (χ4n) is 2.21. The maximum atomic E-state index is 12.4. The van der Waals surface area contributed by atoms with Crippen molar-refractivity contribution in [3.8, 4) is 0 Å². The van der Waals surface area contributed by atoms with E-state index >= 15 is 0 Å². The number of carboxylic acids is 1. The van der Waals surface area contributed by atoms with E-state index in [1.54, 1.807) is 12.1 Å². The number of para-hydroxylation sites is 2. The molecule has 0 atom stereocenters. The van der Waals surface area contributed by atoms with Crippen molar-refractivity contribution in [2.24, 2.45) is 0 Å². The number of anilines is 2. The van der Waals surface area contributed by atoms with Gasteiger partial charge in [0.05, 0.1) is 17.1 Å². The van der Waals surface area contributed by atoms with Crippen LogP contribution < -0.4 is 9.62 Å². The quantitative estimate of drug-likeness (QED) is 0.860. The number of carboxylic acid groups (broad SMARTS) is 1. The lowest BCUT2D eigenvalue weighted by atomic mass is 10.2. The summed E-state index contributed by atoms with van der Waals surface area (Å²) in [6, 6.07) is 7.26. The van der Waals surface area contributed by atoms with Crippen LogP contribution in [0.3, 0.4) is 0 Å². The highest BCUT2D eigenvalue weighted by molar-refractivity contribution is 7.92. The molecule has 110 valence electrons. The minimum absolute atomic E-state index is 0.129. The molecule has 0 saturated heterocycles. The molecule has 1 aliphatic heterocycles. The van der Waals surface area contributed by atoms with E-state index in [1.165, 1.54) is 4.31 Å². The van der Waals surface area contributed by atoms with Crippen LogP contribution in [-0.4, -0.2) is 38.3 Å². The van der Waals surface area contributed by atoms with E-state index in [2.05, 4.69) is 5.32 Å². The molecule has 0 radical (unpaired) electrons. The van der Waals surface area contributed by atoms with Crippen LogP contribution in [0.2, 0.25) is 0 Å². The van der Waals surface area contributed by atoms with Gasteiger partial charge in [0, 0.05) is 19.5 Å². The van der Waals surface area contributed by atoms with Crippen molar-refractivity contribution in [1.82, 2.24) is 0 Å². The Bertz CT molecular complexity index is 586. The zero-order valence-electron chi connectivity index (χ0n) is 11.1. The van der Waals surface area contributed by atoms with E-state index < -0.39 is 16.0 Å². The zero-order valence-corrected chi connectivity index (χ0v) is 11.9.